The second-order valence-corrected chi connectivity index (χ2v) is 6.75. The highest BCUT2D eigenvalue weighted by Crippen LogP contribution is 2.35. The predicted octanol–water partition coefficient (Wildman–Crippen LogP) is 3.52. The summed E-state index contributed by atoms with van der Waals surface area (Å²) in [4.78, 5) is 13.8. The first-order valence-electron chi connectivity index (χ1n) is 7.56. The topological polar surface area (TPSA) is 47.4 Å². The molecule has 5 nitrogen and oxygen atoms in total. The van der Waals surface area contributed by atoms with Crippen molar-refractivity contribution < 1.29 is 13.9 Å². The van der Waals surface area contributed by atoms with Gasteiger partial charge >= 0.3 is 6.09 Å². The van der Waals surface area contributed by atoms with Crippen molar-refractivity contribution in [3.8, 4) is 11.1 Å². The third kappa shape index (κ3) is 3.06. The van der Waals surface area contributed by atoms with E-state index in [1.807, 2.05) is 20.8 Å². The fourth-order valence-corrected chi connectivity index (χ4v) is 2.70. The van der Waals surface area contributed by atoms with E-state index in [1.165, 1.54) is 11.0 Å². The third-order valence-corrected chi connectivity index (χ3v) is 3.69. The van der Waals surface area contributed by atoms with Crippen molar-refractivity contribution in [2.45, 2.75) is 32.8 Å². The van der Waals surface area contributed by atoms with Crippen LogP contribution in [0.5, 0.6) is 0 Å². The first-order valence-corrected chi connectivity index (χ1v) is 7.56. The summed E-state index contributed by atoms with van der Waals surface area (Å²) < 4.78 is 21.5. The number of carbonyl (C=O) groups is 1. The Morgan fingerprint density at radius 2 is 2.09 bits per heavy atom. The van der Waals surface area contributed by atoms with E-state index in [9.17, 15) is 9.18 Å². The minimum atomic E-state index is -0.575. The first-order chi connectivity index (χ1) is 10.7. The maximum Gasteiger partial charge on any atom is 0.414 e. The Bertz CT molecular complexity index is 762. The van der Waals surface area contributed by atoms with E-state index in [1.54, 1.807) is 30.2 Å². The van der Waals surface area contributed by atoms with Gasteiger partial charge in [-0.1, -0.05) is 0 Å². The summed E-state index contributed by atoms with van der Waals surface area (Å²) in [6.07, 6.45) is 3.64. The molecule has 1 aliphatic heterocycles. The van der Waals surface area contributed by atoms with Crippen molar-refractivity contribution in [1.29, 1.82) is 0 Å². The van der Waals surface area contributed by atoms with Crippen LogP contribution in [0.4, 0.5) is 14.9 Å². The quantitative estimate of drug-likeness (QED) is 0.808. The maximum atomic E-state index is 14.5. The number of hydrogen-bond donors (Lipinski definition) is 0. The molecule has 0 spiro atoms. The van der Waals surface area contributed by atoms with Gasteiger partial charge in [0, 0.05) is 30.9 Å². The van der Waals surface area contributed by atoms with Crippen LogP contribution >= 0.6 is 0 Å². The molecule has 0 saturated heterocycles. The average molecular weight is 317 g/mol. The summed E-state index contributed by atoms with van der Waals surface area (Å²) in [7, 11) is 1.79. The van der Waals surface area contributed by atoms with Crippen molar-refractivity contribution in [2.24, 2.45) is 7.05 Å². The number of carbonyl (C=O) groups excluding carboxylic acids is 1. The lowest BCUT2D eigenvalue weighted by atomic mass is 10.0. The number of hydrogen-bond acceptors (Lipinski definition) is 3. The van der Waals surface area contributed by atoms with Crippen LogP contribution in [-0.2, 0) is 18.2 Å². The highest BCUT2D eigenvalue weighted by Gasteiger charge is 2.30. The number of ether oxygens (including phenoxy) is 1. The second kappa shape index (κ2) is 5.37. The molecule has 2 heterocycles. The van der Waals surface area contributed by atoms with Crippen LogP contribution in [-0.4, -0.2) is 28.0 Å². The van der Waals surface area contributed by atoms with E-state index in [-0.39, 0.29) is 5.82 Å². The Morgan fingerprint density at radius 1 is 1.35 bits per heavy atom. The zero-order valence-corrected chi connectivity index (χ0v) is 13.8. The SMILES string of the molecule is Cn1cc(-c2cc3c(cc2F)N(C(=O)OC(C)(C)C)CC3)cn1. The van der Waals surface area contributed by atoms with E-state index in [4.69, 9.17) is 4.74 Å². The van der Waals surface area contributed by atoms with E-state index in [0.29, 0.717) is 24.2 Å². The standard InChI is InChI=1S/C17H20FN3O2/c1-17(2,3)23-16(22)21-6-5-11-7-13(14(18)8-15(11)21)12-9-19-20(4)10-12/h7-10H,5-6H2,1-4H3. The number of amides is 1. The largest absolute Gasteiger partial charge is 0.443 e. The molecular weight excluding hydrogens is 297 g/mol. The molecule has 1 aliphatic rings. The Balaban J connectivity index is 1.93. The predicted molar refractivity (Wildman–Crippen MR) is 85.9 cm³/mol. The monoisotopic (exact) mass is 317 g/mol. The van der Waals surface area contributed by atoms with Crippen LogP contribution < -0.4 is 4.90 Å². The molecule has 0 bridgehead atoms. The van der Waals surface area contributed by atoms with Gasteiger partial charge in [-0.05, 0) is 44.9 Å². The molecule has 2 aromatic rings. The third-order valence-electron chi connectivity index (χ3n) is 3.69. The molecule has 0 atom stereocenters. The molecule has 0 saturated carbocycles. The molecule has 6 heteroatoms. The molecule has 0 unspecified atom stereocenters. The van der Waals surface area contributed by atoms with Gasteiger partial charge in [0.2, 0.25) is 0 Å². The molecule has 1 aromatic carbocycles. The Kier molecular flexibility index (Phi) is 3.62. The van der Waals surface area contributed by atoms with Gasteiger partial charge in [0.1, 0.15) is 11.4 Å². The minimum Gasteiger partial charge on any atom is -0.443 e. The van der Waals surface area contributed by atoms with Crippen LogP contribution in [0.3, 0.4) is 0 Å². The van der Waals surface area contributed by atoms with Crippen molar-refractivity contribution in [2.75, 3.05) is 11.4 Å². The van der Waals surface area contributed by atoms with Crippen molar-refractivity contribution >= 4 is 11.8 Å². The van der Waals surface area contributed by atoms with Gasteiger partial charge in [0.25, 0.3) is 0 Å². The Labute approximate surface area is 134 Å². The average Bonchev–Trinajstić information content (AvgIpc) is 3.01. The molecule has 23 heavy (non-hydrogen) atoms. The number of anilines is 1. The summed E-state index contributed by atoms with van der Waals surface area (Å²) >= 11 is 0. The van der Waals surface area contributed by atoms with E-state index in [0.717, 1.165) is 11.1 Å². The number of halogens is 1. The van der Waals surface area contributed by atoms with Crippen molar-refractivity contribution in [3.63, 3.8) is 0 Å². The second-order valence-electron chi connectivity index (χ2n) is 6.75. The van der Waals surface area contributed by atoms with Crippen LogP contribution in [0.15, 0.2) is 24.5 Å². The number of aromatic nitrogens is 2. The lowest BCUT2D eigenvalue weighted by Crippen LogP contribution is -2.35. The smallest absolute Gasteiger partial charge is 0.414 e. The van der Waals surface area contributed by atoms with Crippen LogP contribution in [0.25, 0.3) is 11.1 Å². The van der Waals surface area contributed by atoms with Gasteiger partial charge in [-0.25, -0.2) is 9.18 Å². The molecule has 0 N–H and O–H groups in total. The highest BCUT2D eigenvalue weighted by molar-refractivity contribution is 5.91. The molecule has 1 amide bonds. The fraction of sp³-hybridized carbons (Fsp3) is 0.412. The van der Waals surface area contributed by atoms with Crippen LogP contribution in [0.2, 0.25) is 0 Å². The number of fused-ring (bicyclic) bond motifs is 1. The highest BCUT2D eigenvalue weighted by atomic mass is 19.1. The van der Waals surface area contributed by atoms with Gasteiger partial charge in [-0.3, -0.25) is 9.58 Å². The molecular formula is C17H20FN3O2. The summed E-state index contributed by atoms with van der Waals surface area (Å²) in [6.45, 7) is 5.94. The summed E-state index contributed by atoms with van der Waals surface area (Å²) in [5.74, 6) is -0.368. The van der Waals surface area contributed by atoms with Gasteiger partial charge in [0.05, 0.1) is 11.9 Å². The van der Waals surface area contributed by atoms with Gasteiger partial charge in [-0.15, -0.1) is 0 Å². The number of benzene rings is 1. The van der Waals surface area contributed by atoms with Gasteiger partial charge in [-0.2, -0.15) is 5.10 Å². The summed E-state index contributed by atoms with van der Waals surface area (Å²) in [5, 5.41) is 4.08. The van der Waals surface area contributed by atoms with E-state index < -0.39 is 11.7 Å². The molecule has 122 valence electrons. The minimum absolute atomic E-state index is 0.368. The molecule has 3 rings (SSSR count). The molecule has 1 aromatic heterocycles. The number of aryl methyl sites for hydroxylation is 1. The van der Waals surface area contributed by atoms with Gasteiger partial charge in [0.15, 0.2) is 0 Å². The van der Waals surface area contributed by atoms with Gasteiger partial charge < -0.3 is 4.74 Å². The normalized spacial score (nSPS) is 14.0. The number of nitrogens with zero attached hydrogens (tertiary/aromatic N) is 3. The summed E-state index contributed by atoms with van der Waals surface area (Å²) in [5.41, 5.74) is 2.18. The maximum absolute atomic E-state index is 14.5. The van der Waals surface area contributed by atoms with Crippen LogP contribution in [0.1, 0.15) is 26.3 Å². The lowest BCUT2D eigenvalue weighted by Gasteiger charge is -2.24. The van der Waals surface area contributed by atoms with E-state index in [2.05, 4.69) is 5.10 Å². The molecule has 0 radical (unpaired) electrons. The Hall–Kier alpha value is -2.37. The van der Waals surface area contributed by atoms with E-state index >= 15 is 0 Å². The summed E-state index contributed by atoms with van der Waals surface area (Å²) in [6, 6.07) is 3.21. The number of rotatable bonds is 1. The first kappa shape index (κ1) is 15.5. The van der Waals surface area contributed by atoms with Crippen molar-refractivity contribution in [3.05, 3.63) is 35.9 Å². The van der Waals surface area contributed by atoms with Crippen LogP contribution in [0, 0.1) is 5.82 Å². The lowest BCUT2D eigenvalue weighted by molar-refractivity contribution is 0.0584. The zero-order valence-electron chi connectivity index (χ0n) is 13.8. The Morgan fingerprint density at radius 3 is 2.70 bits per heavy atom. The zero-order chi connectivity index (χ0) is 16.8. The molecule has 0 aliphatic carbocycles. The fourth-order valence-electron chi connectivity index (χ4n) is 2.70. The molecule has 0 fully saturated rings. The van der Waals surface area contributed by atoms with Crippen molar-refractivity contribution in [1.82, 2.24) is 9.78 Å².